The van der Waals surface area contributed by atoms with Crippen molar-refractivity contribution in [1.29, 1.82) is 0 Å². The van der Waals surface area contributed by atoms with E-state index in [0.717, 1.165) is 50.9 Å². The van der Waals surface area contributed by atoms with Crippen LogP contribution in [0.3, 0.4) is 0 Å². The SMILES string of the molecule is c1ccc(-n2c3cc(-c4cc(N(c5ccc6ccccc6c5)c5ccc6sc7ccccc7c6c5)cc(N(c5ccc6ccccc6c5)c5ccc6sc7ccccc7c6c5)c4)ccc3c3c4sc5ccccc5c4ccc32)cc1. The second-order valence-corrected chi connectivity index (χ2v) is 24.1. The highest BCUT2D eigenvalue weighted by Gasteiger charge is 2.24. The van der Waals surface area contributed by atoms with Crippen LogP contribution in [0.4, 0.5) is 34.1 Å². The summed E-state index contributed by atoms with van der Waals surface area (Å²) in [4.78, 5) is 4.97. The maximum Gasteiger partial charge on any atom is 0.0555 e. The lowest BCUT2D eigenvalue weighted by Gasteiger charge is -2.31. The molecular formula is C74H45N3S3. The molecular weight excluding hydrogens is 1030 g/mol. The van der Waals surface area contributed by atoms with Gasteiger partial charge in [0.1, 0.15) is 0 Å². The van der Waals surface area contributed by atoms with Gasteiger partial charge >= 0.3 is 0 Å². The van der Waals surface area contributed by atoms with Crippen LogP contribution < -0.4 is 9.80 Å². The minimum atomic E-state index is 1.05. The van der Waals surface area contributed by atoms with Gasteiger partial charge in [-0.1, -0.05) is 152 Å². The van der Waals surface area contributed by atoms with Crippen LogP contribution in [-0.2, 0) is 0 Å². The van der Waals surface area contributed by atoms with E-state index in [0.29, 0.717) is 0 Å². The molecule has 0 atom stereocenters. The first-order valence-corrected chi connectivity index (χ1v) is 29.6. The van der Waals surface area contributed by atoms with Crippen molar-refractivity contribution in [3.63, 3.8) is 0 Å². The number of benzene rings is 13. The van der Waals surface area contributed by atoms with Gasteiger partial charge in [-0.05, 0) is 154 Å². The van der Waals surface area contributed by atoms with Crippen molar-refractivity contribution in [2.75, 3.05) is 9.80 Å². The van der Waals surface area contributed by atoms with E-state index in [1.165, 1.54) is 104 Å². The maximum atomic E-state index is 2.48. The van der Waals surface area contributed by atoms with Crippen molar-refractivity contribution >= 4 is 172 Å². The van der Waals surface area contributed by atoms with Gasteiger partial charge in [-0.25, -0.2) is 0 Å². The van der Waals surface area contributed by atoms with Crippen molar-refractivity contribution in [3.05, 3.63) is 273 Å². The topological polar surface area (TPSA) is 11.4 Å². The fraction of sp³-hybridized carbons (Fsp3) is 0. The fourth-order valence-corrected chi connectivity index (χ4v) is 16.0. The first-order chi connectivity index (χ1) is 39.6. The molecule has 4 heterocycles. The van der Waals surface area contributed by atoms with E-state index < -0.39 is 0 Å². The molecule has 0 spiro atoms. The largest absolute Gasteiger partial charge is 0.310 e. The summed E-state index contributed by atoms with van der Waals surface area (Å²) in [5, 5.41) is 15.0. The third-order valence-corrected chi connectivity index (χ3v) is 19.8. The van der Waals surface area contributed by atoms with Crippen LogP contribution in [0.1, 0.15) is 0 Å². The summed E-state index contributed by atoms with van der Waals surface area (Å²) in [7, 11) is 0. The van der Waals surface area contributed by atoms with Gasteiger partial charge in [-0.3, -0.25) is 0 Å². The summed E-state index contributed by atoms with van der Waals surface area (Å²) < 4.78 is 10.2. The Morgan fingerprint density at radius 1 is 0.250 bits per heavy atom. The van der Waals surface area contributed by atoms with Crippen LogP contribution >= 0.6 is 34.0 Å². The van der Waals surface area contributed by atoms with Crippen molar-refractivity contribution in [2.45, 2.75) is 0 Å². The number of nitrogens with zero attached hydrogens (tertiary/aromatic N) is 3. The zero-order valence-corrected chi connectivity index (χ0v) is 45.5. The van der Waals surface area contributed by atoms with Gasteiger partial charge in [0.05, 0.1) is 11.0 Å². The maximum absolute atomic E-state index is 2.48. The smallest absolute Gasteiger partial charge is 0.0555 e. The number of rotatable bonds is 8. The Balaban J connectivity index is 0.966. The lowest BCUT2D eigenvalue weighted by atomic mass is 9.99. The third kappa shape index (κ3) is 7.23. The van der Waals surface area contributed by atoms with E-state index in [-0.39, 0.29) is 0 Å². The minimum absolute atomic E-state index is 1.05. The number of anilines is 6. The summed E-state index contributed by atoms with van der Waals surface area (Å²) >= 11 is 5.61. The van der Waals surface area contributed by atoms with Gasteiger partial charge in [0.15, 0.2) is 0 Å². The number of fused-ring (bicyclic) bond motifs is 15. The highest BCUT2D eigenvalue weighted by molar-refractivity contribution is 7.27. The summed E-state index contributed by atoms with van der Waals surface area (Å²) in [6.07, 6.45) is 0. The standard InChI is InChI=1S/C74H45N3S3/c1-2-18-52(19-3-1)77-66-35-34-62-59-20-8-13-25-70(59)80-74(62)73(66)63-33-28-50(42-67(63)77)51-40-57(75(53-29-26-46-14-4-6-16-48(46)38-53)55-31-36-71-64(44-55)60-21-9-11-23-68(60)78-71)43-58(41-51)76(54-30-27-47-15-5-7-17-49(47)39-54)56-32-37-72-65(45-56)61-22-10-12-24-69(61)79-72/h1-45H. The van der Waals surface area contributed by atoms with E-state index in [1.54, 1.807) is 0 Å². The van der Waals surface area contributed by atoms with E-state index >= 15 is 0 Å². The molecule has 6 heteroatoms. The Bertz CT molecular complexity index is 5140. The summed E-state index contributed by atoms with van der Waals surface area (Å²) in [6.45, 7) is 0. The van der Waals surface area contributed by atoms with Gasteiger partial charge in [-0.2, -0.15) is 0 Å². The number of hydrogen-bond acceptors (Lipinski definition) is 5. The van der Waals surface area contributed by atoms with Crippen molar-refractivity contribution < 1.29 is 0 Å². The second kappa shape index (κ2) is 18.0. The number of thiophene rings is 3. The monoisotopic (exact) mass is 1070 g/mol. The van der Waals surface area contributed by atoms with Gasteiger partial charge in [-0.15, -0.1) is 34.0 Å². The Morgan fingerprint density at radius 2 is 0.713 bits per heavy atom. The zero-order valence-electron chi connectivity index (χ0n) is 43.0. The molecule has 0 N–H and O–H groups in total. The Labute approximate surface area is 472 Å². The molecule has 80 heavy (non-hydrogen) atoms. The summed E-state index contributed by atoms with van der Waals surface area (Å²) in [6, 6.07) is 102. The van der Waals surface area contributed by atoms with Crippen LogP contribution in [-0.4, -0.2) is 4.57 Å². The predicted octanol–water partition coefficient (Wildman–Crippen LogP) is 22.8. The number of para-hydroxylation sites is 1. The molecule has 0 bridgehead atoms. The lowest BCUT2D eigenvalue weighted by Crippen LogP contribution is -2.14. The van der Waals surface area contributed by atoms with E-state index in [4.69, 9.17) is 0 Å². The van der Waals surface area contributed by atoms with Crippen molar-refractivity contribution in [3.8, 4) is 16.8 Å². The molecule has 17 rings (SSSR count). The molecule has 0 aliphatic heterocycles. The molecule has 374 valence electrons. The Kier molecular flexibility index (Phi) is 10.2. The molecule has 0 amide bonds. The first kappa shape index (κ1) is 45.5. The van der Waals surface area contributed by atoms with Crippen LogP contribution in [0.15, 0.2) is 273 Å². The molecule has 0 aliphatic rings. The molecule has 0 saturated heterocycles. The molecule has 0 radical (unpaired) electrons. The van der Waals surface area contributed by atoms with E-state index in [2.05, 4.69) is 287 Å². The molecule has 13 aromatic carbocycles. The molecule has 0 saturated carbocycles. The normalized spacial score (nSPS) is 12.0. The third-order valence-electron chi connectivity index (χ3n) is 16.3. The molecule has 0 unspecified atom stereocenters. The average Bonchev–Trinajstić information content (AvgIpc) is 4.44. The van der Waals surface area contributed by atoms with Crippen LogP contribution in [0.2, 0.25) is 0 Å². The van der Waals surface area contributed by atoms with Crippen molar-refractivity contribution in [1.82, 2.24) is 4.57 Å². The highest BCUT2D eigenvalue weighted by Crippen LogP contribution is 2.49. The van der Waals surface area contributed by atoms with Gasteiger partial charge in [0.25, 0.3) is 0 Å². The Hall–Kier alpha value is -9.56. The predicted molar refractivity (Wildman–Crippen MR) is 349 cm³/mol. The minimum Gasteiger partial charge on any atom is -0.310 e. The van der Waals surface area contributed by atoms with Crippen molar-refractivity contribution in [2.24, 2.45) is 0 Å². The highest BCUT2D eigenvalue weighted by atomic mass is 32.1. The first-order valence-electron chi connectivity index (χ1n) is 27.1. The summed E-state index contributed by atoms with van der Waals surface area (Å²) in [5.41, 5.74) is 12.2. The fourth-order valence-electron chi connectivity index (χ4n) is 12.6. The van der Waals surface area contributed by atoms with E-state index in [1.807, 2.05) is 34.0 Å². The van der Waals surface area contributed by atoms with Gasteiger partial charge < -0.3 is 14.4 Å². The lowest BCUT2D eigenvalue weighted by molar-refractivity contribution is 1.18. The second-order valence-electron chi connectivity index (χ2n) is 20.9. The van der Waals surface area contributed by atoms with E-state index in [9.17, 15) is 0 Å². The molecule has 0 aliphatic carbocycles. The van der Waals surface area contributed by atoms with Gasteiger partial charge in [0.2, 0.25) is 0 Å². The zero-order chi connectivity index (χ0) is 52.4. The average molecular weight is 1070 g/mol. The number of hydrogen-bond donors (Lipinski definition) is 0. The molecule has 0 fully saturated rings. The number of aromatic nitrogens is 1. The summed E-state index contributed by atoms with van der Waals surface area (Å²) in [5.74, 6) is 0. The molecule has 3 nitrogen and oxygen atoms in total. The van der Waals surface area contributed by atoms with Crippen LogP contribution in [0.25, 0.3) is 121 Å². The molecule has 17 aromatic rings. The molecule has 4 aromatic heterocycles. The quantitative estimate of drug-likeness (QED) is 0.150. The van der Waals surface area contributed by atoms with Crippen LogP contribution in [0, 0.1) is 0 Å². The van der Waals surface area contributed by atoms with Gasteiger partial charge in [0, 0.05) is 111 Å². The Morgan fingerprint density at radius 3 is 1.30 bits per heavy atom. The van der Waals surface area contributed by atoms with Crippen LogP contribution in [0.5, 0.6) is 0 Å².